The highest BCUT2D eigenvalue weighted by atomic mass is 32.2. The molecule has 5 rings (SSSR count). The summed E-state index contributed by atoms with van der Waals surface area (Å²) in [5, 5.41) is 25.6. The Hall–Kier alpha value is -3.35. The summed E-state index contributed by atoms with van der Waals surface area (Å²) < 4.78 is 32.6. The zero-order chi connectivity index (χ0) is 27.8. The lowest BCUT2D eigenvalue weighted by molar-refractivity contribution is 0.102. The first-order valence-corrected chi connectivity index (χ1v) is 14.8. The van der Waals surface area contributed by atoms with Crippen LogP contribution in [0, 0.1) is 5.41 Å². The van der Waals surface area contributed by atoms with Crippen LogP contribution in [0.25, 0.3) is 11.0 Å². The third kappa shape index (κ3) is 6.13. The fourth-order valence-corrected chi connectivity index (χ4v) is 5.80. The number of carbonyl (C=O) groups is 1. The number of carbonyl (C=O) groups excluding carboxylic acids is 1. The molecule has 1 aromatic carbocycles. The van der Waals surface area contributed by atoms with E-state index in [2.05, 4.69) is 25.2 Å². The predicted octanol–water partition coefficient (Wildman–Crippen LogP) is 3.38. The molecule has 1 amide bonds. The maximum absolute atomic E-state index is 13.6. The van der Waals surface area contributed by atoms with Gasteiger partial charge in [0.25, 0.3) is 5.91 Å². The Morgan fingerprint density at radius 1 is 1.13 bits per heavy atom. The Balaban J connectivity index is 1.45. The first kappa shape index (κ1) is 27.2. The van der Waals surface area contributed by atoms with Gasteiger partial charge in [-0.1, -0.05) is 0 Å². The van der Waals surface area contributed by atoms with Gasteiger partial charge >= 0.3 is 0 Å². The number of nitrogens with one attached hydrogen (secondary N) is 3. The molecule has 1 saturated carbocycles. The van der Waals surface area contributed by atoms with Gasteiger partial charge in [-0.25, -0.2) is 13.4 Å². The van der Waals surface area contributed by atoms with Crippen molar-refractivity contribution in [2.45, 2.75) is 45.1 Å². The SMILES string of the molecule is CC(C)(CO)Nc1nc(NC(=O)c2ccc(NS(=O)(=O)CCO)cc2N2CCC3(CC2)CC3)cc2ccoc12. The van der Waals surface area contributed by atoms with Crippen molar-refractivity contribution in [3.05, 3.63) is 42.2 Å². The number of fused-ring (bicyclic) bond motifs is 1. The first-order chi connectivity index (χ1) is 18.5. The zero-order valence-electron chi connectivity index (χ0n) is 22.2. The Labute approximate surface area is 227 Å². The number of hydrogen-bond acceptors (Lipinski definition) is 9. The molecule has 0 atom stereocenters. The van der Waals surface area contributed by atoms with Gasteiger partial charge in [0.1, 0.15) is 5.82 Å². The lowest BCUT2D eigenvalue weighted by Gasteiger charge is -2.35. The highest BCUT2D eigenvalue weighted by Crippen LogP contribution is 2.54. The molecule has 11 nitrogen and oxygen atoms in total. The number of hydrogen-bond donors (Lipinski definition) is 5. The molecule has 1 spiro atoms. The second-order valence-electron chi connectivity index (χ2n) is 11.2. The van der Waals surface area contributed by atoms with Crippen molar-refractivity contribution in [2.75, 3.05) is 52.3 Å². The summed E-state index contributed by atoms with van der Waals surface area (Å²) in [4.78, 5) is 20.3. The van der Waals surface area contributed by atoms with Crippen molar-refractivity contribution in [2.24, 2.45) is 5.41 Å². The molecule has 12 heteroatoms. The summed E-state index contributed by atoms with van der Waals surface area (Å²) in [6, 6.07) is 8.31. The van der Waals surface area contributed by atoms with E-state index in [0.29, 0.717) is 39.6 Å². The Bertz CT molecular complexity index is 1470. The van der Waals surface area contributed by atoms with Gasteiger partial charge in [0.15, 0.2) is 11.4 Å². The smallest absolute Gasteiger partial charge is 0.258 e. The number of aliphatic hydroxyl groups is 2. The van der Waals surface area contributed by atoms with E-state index in [1.165, 1.54) is 19.1 Å². The van der Waals surface area contributed by atoms with Crippen molar-refractivity contribution < 1.29 is 27.8 Å². The Morgan fingerprint density at radius 2 is 1.87 bits per heavy atom. The van der Waals surface area contributed by atoms with Gasteiger partial charge < -0.3 is 30.2 Å². The van der Waals surface area contributed by atoms with E-state index in [-0.39, 0.29) is 12.5 Å². The molecule has 3 aromatic rings. The molecule has 3 heterocycles. The average Bonchev–Trinajstić information content (AvgIpc) is 3.45. The molecule has 1 saturated heterocycles. The minimum Gasteiger partial charge on any atom is -0.460 e. The summed E-state index contributed by atoms with van der Waals surface area (Å²) in [5.74, 6) is -0.0994. The van der Waals surface area contributed by atoms with Gasteiger partial charge in [-0.15, -0.1) is 0 Å². The van der Waals surface area contributed by atoms with Crippen LogP contribution in [-0.2, 0) is 10.0 Å². The number of anilines is 4. The van der Waals surface area contributed by atoms with Crippen LogP contribution in [0.4, 0.5) is 23.0 Å². The molecule has 210 valence electrons. The minimum atomic E-state index is -3.72. The fraction of sp³-hybridized carbons (Fsp3) is 0.481. The number of sulfonamides is 1. The lowest BCUT2D eigenvalue weighted by atomic mass is 9.93. The van der Waals surface area contributed by atoms with Crippen molar-refractivity contribution in [3.63, 3.8) is 0 Å². The molecule has 5 N–H and O–H groups in total. The van der Waals surface area contributed by atoms with E-state index >= 15 is 0 Å². The van der Waals surface area contributed by atoms with Crippen LogP contribution in [0.3, 0.4) is 0 Å². The molecular weight excluding hydrogens is 522 g/mol. The number of piperidine rings is 1. The standard InChI is InChI=1S/C27H35N5O6S/c1-26(2,17-34)30-24-23-18(5-13-38-23)15-22(28-24)29-25(35)20-4-3-19(31-39(36,37)14-12-33)16-21(20)32-10-8-27(6-7-27)9-11-32/h3-5,13,15-16,31,33-34H,6-12,14,17H2,1-2H3,(H2,28,29,30,35). The Kier molecular flexibility index (Phi) is 7.21. The number of aromatic nitrogens is 1. The maximum Gasteiger partial charge on any atom is 0.258 e. The third-order valence-corrected chi connectivity index (χ3v) is 8.79. The Morgan fingerprint density at radius 3 is 2.54 bits per heavy atom. The number of furan rings is 1. The normalized spacial score (nSPS) is 16.9. The molecule has 0 unspecified atom stereocenters. The number of aliphatic hydroxyl groups excluding tert-OH is 2. The maximum atomic E-state index is 13.6. The van der Waals surface area contributed by atoms with E-state index in [1.807, 2.05) is 13.8 Å². The second kappa shape index (κ2) is 10.3. The molecule has 2 fully saturated rings. The largest absolute Gasteiger partial charge is 0.460 e. The molecule has 0 bridgehead atoms. The predicted molar refractivity (Wildman–Crippen MR) is 151 cm³/mol. The van der Waals surface area contributed by atoms with Crippen LogP contribution >= 0.6 is 0 Å². The van der Waals surface area contributed by atoms with Crippen LogP contribution in [0.5, 0.6) is 0 Å². The van der Waals surface area contributed by atoms with Crippen LogP contribution in [0.1, 0.15) is 49.9 Å². The minimum absolute atomic E-state index is 0.137. The van der Waals surface area contributed by atoms with Gasteiger partial charge in [-0.3, -0.25) is 9.52 Å². The quantitative estimate of drug-likeness (QED) is 0.252. The molecule has 0 radical (unpaired) electrons. The second-order valence-corrected chi connectivity index (χ2v) is 13.0. The average molecular weight is 558 g/mol. The van der Waals surface area contributed by atoms with Gasteiger partial charge in [0.2, 0.25) is 10.0 Å². The molecule has 1 aliphatic heterocycles. The van der Waals surface area contributed by atoms with Crippen LogP contribution < -0.4 is 20.3 Å². The van der Waals surface area contributed by atoms with E-state index in [1.54, 1.807) is 30.3 Å². The van der Waals surface area contributed by atoms with Gasteiger partial charge in [-0.05, 0) is 75.3 Å². The van der Waals surface area contributed by atoms with E-state index in [0.717, 1.165) is 31.3 Å². The van der Waals surface area contributed by atoms with Crippen LogP contribution in [-0.4, -0.2) is 67.1 Å². The molecule has 1 aliphatic carbocycles. The fourth-order valence-electron chi connectivity index (χ4n) is 4.97. The molecular formula is C27H35N5O6S. The first-order valence-electron chi connectivity index (χ1n) is 13.1. The molecule has 39 heavy (non-hydrogen) atoms. The van der Waals surface area contributed by atoms with Gasteiger partial charge in [-0.2, -0.15) is 0 Å². The van der Waals surface area contributed by atoms with Crippen molar-refractivity contribution >= 4 is 49.9 Å². The van der Waals surface area contributed by atoms with E-state index in [9.17, 15) is 18.3 Å². The van der Waals surface area contributed by atoms with E-state index < -0.39 is 27.9 Å². The molecule has 2 aliphatic rings. The van der Waals surface area contributed by atoms with Crippen molar-refractivity contribution in [1.29, 1.82) is 0 Å². The summed E-state index contributed by atoms with van der Waals surface area (Å²) in [5.41, 5.74) is 1.63. The number of amides is 1. The topological polar surface area (TPSA) is 157 Å². The number of nitrogens with zero attached hydrogens (tertiary/aromatic N) is 2. The van der Waals surface area contributed by atoms with Crippen LogP contribution in [0.2, 0.25) is 0 Å². The molecule has 2 aromatic heterocycles. The van der Waals surface area contributed by atoms with Crippen molar-refractivity contribution in [3.8, 4) is 0 Å². The van der Waals surface area contributed by atoms with Gasteiger partial charge in [0, 0.05) is 18.5 Å². The summed E-state index contributed by atoms with van der Waals surface area (Å²) in [6.07, 6.45) is 6.07. The lowest BCUT2D eigenvalue weighted by Crippen LogP contribution is -2.36. The van der Waals surface area contributed by atoms with Gasteiger partial charge in [0.05, 0.1) is 47.7 Å². The zero-order valence-corrected chi connectivity index (χ0v) is 23.0. The van der Waals surface area contributed by atoms with Crippen LogP contribution in [0.15, 0.2) is 41.0 Å². The number of rotatable bonds is 10. The third-order valence-electron chi connectivity index (χ3n) is 7.53. The number of benzene rings is 1. The summed E-state index contributed by atoms with van der Waals surface area (Å²) in [6.45, 7) is 4.57. The summed E-state index contributed by atoms with van der Waals surface area (Å²) in [7, 11) is -3.72. The van der Waals surface area contributed by atoms with E-state index in [4.69, 9.17) is 9.52 Å². The monoisotopic (exact) mass is 557 g/mol. The van der Waals surface area contributed by atoms with Crippen molar-refractivity contribution in [1.82, 2.24) is 4.98 Å². The summed E-state index contributed by atoms with van der Waals surface area (Å²) >= 11 is 0. The number of pyridine rings is 1. The highest BCUT2D eigenvalue weighted by molar-refractivity contribution is 7.92. The highest BCUT2D eigenvalue weighted by Gasteiger charge is 2.44.